The van der Waals surface area contributed by atoms with Crippen molar-refractivity contribution in [3.63, 3.8) is 0 Å². The molecule has 0 amide bonds. The van der Waals surface area contributed by atoms with Crippen LogP contribution in [-0.4, -0.2) is 17.8 Å². The zero-order chi connectivity index (χ0) is 13.8. The number of halogens is 6. The van der Waals surface area contributed by atoms with E-state index < -0.39 is 28.9 Å². The summed E-state index contributed by atoms with van der Waals surface area (Å²) >= 11 is 0. The molecule has 2 rings (SSSR count). The Morgan fingerprint density at radius 3 is 1.67 bits per heavy atom. The second kappa shape index (κ2) is 3.52. The van der Waals surface area contributed by atoms with E-state index in [0.29, 0.717) is 6.92 Å². The summed E-state index contributed by atoms with van der Waals surface area (Å²) < 4.78 is 79.9. The van der Waals surface area contributed by atoms with Crippen LogP contribution in [0.4, 0.5) is 26.3 Å². The first-order chi connectivity index (χ1) is 8.14. The fourth-order valence-corrected chi connectivity index (χ4v) is 1.98. The number of alkyl halides is 6. The van der Waals surface area contributed by atoms with Gasteiger partial charge in [0.15, 0.2) is 0 Å². The van der Waals surface area contributed by atoms with Crippen molar-refractivity contribution in [2.24, 2.45) is 0 Å². The summed E-state index contributed by atoms with van der Waals surface area (Å²) in [6.07, 6.45) is 0. The molecule has 0 heterocycles. The summed E-state index contributed by atoms with van der Waals surface area (Å²) in [7, 11) is 0. The maximum Gasteiger partial charge on any atom is 0.380 e. The van der Waals surface area contributed by atoms with E-state index in [-0.39, 0.29) is 5.56 Å². The fourth-order valence-electron chi connectivity index (χ4n) is 1.98. The van der Waals surface area contributed by atoms with Gasteiger partial charge in [0.25, 0.3) is 0 Å². The molecule has 18 heavy (non-hydrogen) atoms. The molecule has 0 unspecified atom stereocenters. The van der Waals surface area contributed by atoms with E-state index in [0.717, 1.165) is 12.1 Å². The standard InChI is InChI=1S/C12H8F6/c1-7-9(8-5-3-2-4-6-8)11(15,16)12(17,18)10(7,13)14/h2-6H,1H3. The summed E-state index contributed by atoms with van der Waals surface area (Å²) in [5.74, 6) is -15.1. The van der Waals surface area contributed by atoms with Gasteiger partial charge in [-0.1, -0.05) is 30.3 Å². The third-order valence-corrected chi connectivity index (χ3v) is 3.01. The molecule has 0 bridgehead atoms. The molecular formula is C12H8F6. The van der Waals surface area contributed by atoms with E-state index in [1.165, 1.54) is 18.2 Å². The third-order valence-electron chi connectivity index (χ3n) is 3.01. The second-order valence-corrected chi connectivity index (χ2v) is 4.09. The summed E-state index contributed by atoms with van der Waals surface area (Å²) in [6, 6.07) is 6.32. The molecule has 0 aromatic heterocycles. The molecule has 1 aromatic rings. The van der Waals surface area contributed by atoms with Crippen LogP contribution in [0, 0.1) is 0 Å². The van der Waals surface area contributed by atoms with Gasteiger partial charge in [-0.15, -0.1) is 0 Å². The lowest BCUT2D eigenvalue weighted by molar-refractivity contribution is -0.259. The van der Waals surface area contributed by atoms with Gasteiger partial charge < -0.3 is 0 Å². The van der Waals surface area contributed by atoms with E-state index in [9.17, 15) is 26.3 Å². The van der Waals surface area contributed by atoms with Gasteiger partial charge in [-0.3, -0.25) is 0 Å². The van der Waals surface area contributed by atoms with Crippen LogP contribution in [0.5, 0.6) is 0 Å². The topological polar surface area (TPSA) is 0 Å². The molecule has 1 aromatic carbocycles. The predicted octanol–water partition coefficient (Wildman–Crippen LogP) is 4.38. The fraction of sp³-hybridized carbons (Fsp3) is 0.333. The SMILES string of the molecule is CC1=C(c2ccccc2)C(F)(F)C(F)(F)C1(F)F. The normalized spacial score (nSPS) is 24.4. The molecule has 0 spiro atoms. The van der Waals surface area contributed by atoms with Crippen LogP contribution in [0.1, 0.15) is 12.5 Å². The van der Waals surface area contributed by atoms with E-state index in [1.807, 2.05) is 0 Å². The molecule has 0 fully saturated rings. The number of hydrogen-bond acceptors (Lipinski definition) is 0. The molecule has 0 saturated heterocycles. The van der Waals surface area contributed by atoms with E-state index in [1.54, 1.807) is 0 Å². The molecular weight excluding hydrogens is 258 g/mol. The van der Waals surface area contributed by atoms with Crippen molar-refractivity contribution in [1.82, 2.24) is 0 Å². The van der Waals surface area contributed by atoms with E-state index in [4.69, 9.17) is 0 Å². The number of allylic oxidation sites excluding steroid dienone is 2. The Kier molecular flexibility index (Phi) is 2.54. The Hall–Kier alpha value is -1.46. The van der Waals surface area contributed by atoms with Crippen LogP contribution < -0.4 is 0 Å². The molecule has 0 atom stereocenters. The van der Waals surface area contributed by atoms with Crippen molar-refractivity contribution in [3.8, 4) is 0 Å². The number of benzene rings is 1. The molecule has 1 aliphatic rings. The van der Waals surface area contributed by atoms with Gasteiger partial charge in [0.2, 0.25) is 0 Å². The highest BCUT2D eigenvalue weighted by Crippen LogP contribution is 2.61. The van der Waals surface area contributed by atoms with Crippen molar-refractivity contribution in [3.05, 3.63) is 41.5 Å². The highest BCUT2D eigenvalue weighted by atomic mass is 19.3. The minimum absolute atomic E-state index is 0.322. The zero-order valence-corrected chi connectivity index (χ0v) is 9.15. The maximum absolute atomic E-state index is 13.5. The first-order valence-electron chi connectivity index (χ1n) is 5.04. The predicted molar refractivity (Wildman–Crippen MR) is 53.9 cm³/mol. The molecule has 0 saturated carbocycles. The average Bonchev–Trinajstić information content (AvgIpc) is 2.37. The van der Waals surface area contributed by atoms with E-state index >= 15 is 0 Å². The second-order valence-electron chi connectivity index (χ2n) is 4.09. The highest BCUT2D eigenvalue weighted by Gasteiger charge is 2.79. The smallest absolute Gasteiger partial charge is 0.194 e. The van der Waals surface area contributed by atoms with Crippen LogP contribution in [0.2, 0.25) is 0 Å². The first kappa shape index (κ1) is 13.0. The molecule has 0 N–H and O–H groups in total. The molecule has 0 aliphatic heterocycles. The molecule has 1 aliphatic carbocycles. The quantitative estimate of drug-likeness (QED) is 0.662. The third kappa shape index (κ3) is 1.34. The van der Waals surface area contributed by atoms with Crippen LogP contribution in [0.15, 0.2) is 35.9 Å². The highest BCUT2D eigenvalue weighted by molar-refractivity contribution is 5.79. The number of rotatable bonds is 1. The zero-order valence-electron chi connectivity index (χ0n) is 9.15. The average molecular weight is 266 g/mol. The Labute approximate surface area is 98.9 Å². The molecule has 0 radical (unpaired) electrons. The summed E-state index contributed by atoms with van der Waals surface area (Å²) in [4.78, 5) is 0. The lowest BCUT2D eigenvalue weighted by Gasteiger charge is -2.25. The van der Waals surface area contributed by atoms with Crippen molar-refractivity contribution in [2.45, 2.75) is 24.7 Å². The van der Waals surface area contributed by atoms with Crippen LogP contribution in [-0.2, 0) is 0 Å². The van der Waals surface area contributed by atoms with Gasteiger partial charge in [0.1, 0.15) is 0 Å². The Morgan fingerprint density at radius 1 is 0.778 bits per heavy atom. The van der Waals surface area contributed by atoms with Gasteiger partial charge in [0, 0.05) is 11.1 Å². The van der Waals surface area contributed by atoms with Crippen molar-refractivity contribution in [2.75, 3.05) is 0 Å². The summed E-state index contributed by atoms with van der Waals surface area (Å²) in [6.45, 7) is 0.608. The largest absolute Gasteiger partial charge is 0.380 e. The Balaban J connectivity index is 2.70. The molecule has 6 heteroatoms. The summed E-state index contributed by atoms with van der Waals surface area (Å²) in [5, 5.41) is 0. The molecule has 0 nitrogen and oxygen atoms in total. The van der Waals surface area contributed by atoms with Crippen LogP contribution in [0.25, 0.3) is 5.57 Å². The van der Waals surface area contributed by atoms with Gasteiger partial charge in [-0.25, -0.2) is 0 Å². The van der Waals surface area contributed by atoms with Gasteiger partial charge in [-0.2, -0.15) is 26.3 Å². The lowest BCUT2D eigenvalue weighted by Crippen LogP contribution is -2.48. The lowest BCUT2D eigenvalue weighted by atomic mass is 10.00. The monoisotopic (exact) mass is 266 g/mol. The number of hydrogen-bond donors (Lipinski definition) is 0. The summed E-state index contributed by atoms with van der Waals surface area (Å²) in [5.41, 5.74) is -2.90. The Morgan fingerprint density at radius 2 is 1.28 bits per heavy atom. The Bertz CT molecular complexity index is 501. The van der Waals surface area contributed by atoms with Crippen LogP contribution in [0.3, 0.4) is 0 Å². The van der Waals surface area contributed by atoms with Crippen molar-refractivity contribution in [1.29, 1.82) is 0 Å². The van der Waals surface area contributed by atoms with Crippen LogP contribution >= 0.6 is 0 Å². The first-order valence-corrected chi connectivity index (χ1v) is 5.04. The minimum Gasteiger partial charge on any atom is -0.194 e. The van der Waals surface area contributed by atoms with E-state index in [2.05, 4.69) is 0 Å². The van der Waals surface area contributed by atoms with Crippen molar-refractivity contribution < 1.29 is 26.3 Å². The maximum atomic E-state index is 13.5. The van der Waals surface area contributed by atoms with Gasteiger partial charge in [-0.05, 0) is 12.5 Å². The van der Waals surface area contributed by atoms with Gasteiger partial charge >= 0.3 is 17.8 Å². The molecule has 98 valence electrons. The minimum atomic E-state index is -5.41. The van der Waals surface area contributed by atoms with Crippen molar-refractivity contribution >= 4 is 5.57 Å². The van der Waals surface area contributed by atoms with Gasteiger partial charge in [0.05, 0.1) is 0 Å².